The van der Waals surface area contributed by atoms with Gasteiger partial charge in [0.2, 0.25) is 0 Å². The minimum Gasteiger partial charge on any atom is -0.493 e. The lowest BCUT2D eigenvalue weighted by Gasteiger charge is -2.23. The topological polar surface area (TPSA) is 44.5 Å². The summed E-state index contributed by atoms with van der Waals surface area (Å²) in [6, 6.07) is 5.42. The van der Waals surface area contributed by atoms with Gasteiger partial charge in [0.05, 0.1) is 12.2 Å². The fourth-order valence-corrected chi connectivity index (χ4v) is 1.70. The molecular weight excluding hydrogens is 250 g/mol. The van der Waals surface area contributed by atoms with Crippen molar-refractivity contribution in [1.29, 1.82) is 0 Å². The molecule has 1 rings (SSSR count). The van der Waals surface area contributed by atoms with Gasteiger partial charge in [-0.25, -0.2) is 0 Å². The van der Waals surface area contributed by atoms with Gasteiger partial charge in [-0.3, -0.25) is 0 Å². The fourth-order valence-electron chi connectivity index (χ4n) is 1.52. The predicted molar refractivity (Wildman–Crippen MR) is 75.3 cm³/mol. The largest absolute Gasteiger partial charge is 0.493 e. The number of nitrogens with two attached hydrogens (primary N) is 1. The minimum absolute atomic E-state index is 0.103. The highest BCUT2D eigenvalue weighted by Gasteiger charge is 2.17. The minimum atomic E-state index is -0.180. The van der Waals surface area contributed by atoms with Crippen molar-refractivity contribution in [3.8, 4) is 5.75 Å². The molecule has 0 amide bonds. The molecule has 0 spiro atoms. The van der Waals surface area contributed by atoms with Crippen molar-refractivity contribution < 1.29 is 9.47 Å². The van der Waals surface area contributed by atoms with Gasteiger partial charge in [0.25, 0.3) is 0 Å². The number of halogens is 1. The highest BCUT2D eigenvalue weighted by Crippen LogP contribution is 2.27. The third-order valence-corrected chi connectivity index (χ3v) is 3.21. The van der Waals surface area contributed by atoms with Crippen LogP contribution in [0.3, 0.4) is 0 Å². The average Bonchev–Trinajstić information content (AvgIpc) is 2.30. The lowest BCUT2D eigenvalue weighted by Crippen LogP contribution is -2.25. The van der Waals surface area contributed by atoms with E-state index in [1.165, 1.54) is 0 Å². The Hall–Kier alpha value is -0.770. The molecule has 1 aromatic carbocycles. The van der Waals surface area contributed by atoms with Crippen molar-refractivity contribution in [3.05, 3.63) is 28.8 Å². The second kappa shape index (κ2) is 6.41. The van der Waals surface area contributed by atoms with E-state index >= 15 is 0 Å². The second-order valence-electron chi connectivity index (χ2n) is 5.03. The van der Waals surface area contributed by atoms with Crippen LogP contribution in [-0.2, 0) is 4.74 Å². The number of methoxy groups -OCH3 is 1. The molecule has 0 aliphatic carbocycles. The molecule has 102 valence electrons. The van der Waals surface area contributed by atoms with E-state index in [-0.39, 0.29) is 11.6 Å². The zero-order valence-electron chi connectivity index (χ0n) is 11.5. The molecule has 1 atom stereocenters. The van der Waals surface area contributed by atoms with Crippen LogP contribution >= 0.6 is 11.6 Å². The average molecular weight is 272 g/mol. The summed E-state index contributed by atoms with van der Waals surface area (Å²) in [7, 11) is 1.70. The quantitative estimate of drug-likeness (QED) is 0.860. The van der Waals surface area contributed by atoms with E-state index < -0.39 is 0 Å². The summed E-state index contributed by atoms with van der Waals surface area (Å²) >= 11 is 5.96. The summed E-state index contributed by atoms with van der Waals surface area (Å²) in [6.07, 6.45) is 0.810. The SMILES string of the molecule is COC(C)(C)CCOc1ccc(Cl)cc1[C@H](C)N. The van der Waals surface area contributed by atoms with Crippen LogP contribution in [0.25, 0.3) is 0 Å². The molecule has 0 aliphatic heterocycles. The Morgan fingerprint density at radius 1 is 1.39 bits per heavy atom. The van der Waals surface area contributed by atoms with Crippen LogP contribution in [0, 0.1) is 0 Å². The Bertz CT molecular complexity index is 391. The summed E-state index contributed by atoms with van der Waals surface area (Å²) in [6.45, 7) is 6.56. The van der Waals surface area contributed by atoms with Gasteiger partial charge >= 0.3 is 0 Å². The lowest BCUT2D eigenvalue weighted by molar-refractivity contribution is 0.00536. The summed E-state index contributed by atoms with van der Waals surface area (Å²) in [5.41, 5.74) is 6.65. The zero-order chi connectivity index (χ0) is 13.8. The third kappa shape index (κ3) is 4.48. The van der Waals surface area contributed by atoms with Crippen molar-refractivity contribution in [1.82, 2.24) is 0 Å². The first-order valence-corrected chi connectivity index (χ1v) is 6.46. The smallest absolute Gasteiger partial charge is 0.124 e. The van der Waals surface area contributed by atoms with Crippen molar-refractivity contribution in [2.24, 2.45) is 5.73 Å². The van der Waals surface area contributed by atoms with E-state index in [0.717, 1.165) is 17.7 Å². The van der Waals surface area contributed by atoms with E-state index in [0.29, 0.717) is 11.6 Å². The molecule has 0 saturated carbocycles. The summed E-state index contributed by atoms with van der Waals surface area (Å²) in [5, 5.41) is 0.673. The summed E-state index contributed by atoms with van der Waals surface area (Å²) in [5.74, 6) is 0.793. The van der Waals surface area contributed by atoms with Gasteiger partial charge in [-0.05, 0) is 39.0 Å². The maximum absolute atomic E-state index is 5.96. The maximum Gasteiger partial charge on any atom is 0.124 e. The highest BCUT2D eigenvalue weighted by atomic mass is 35.5. The monoisotopic (exact) mass is 271 g/mol. The number of benzene rings is 1. The normalized spacial score (nSPS) is 13.4. The molecule has 0 bridgehead atoms. The van der Waals surface area contributed by atoms with Crippen molar-refractivity contribution >= 4 is 11.6 Å². The van der Waals surface area contributed by atoms with Crippen molar-refractivity contribution in [2.45, 2.75) is 38.8 Å². The van der Waals surface area contributed by atoms with Gasteiger partial charge in [0.1, 0.15) is 5.75 Å². The number of rotatable bonds is 6. The Kier molecular flexibility index (Phi) is 5.45. The summed E-state index contributed by atoms with van der Waals surface area (Å²) < 4.78 is 11.1. The van der Waals surface area contributed by atoms with Crippen molar-refractivity contribution in [3.63, 3.8) is 0 Å². The Balaban J connectivity index is 2.67. The molecule has 0 fully saturated rings. The van der Waals surface area contributed by atoms with Gasteiger partial charge < -0.3 is 15.2 Å². The van der Waals surface area contributed by atoms with E-state index in [9.17, 15) is 0 Å². The molecule has 0 aromatic heterocycles. The Morgan fingerprint density at radius 3 is 2.61 bits per heavy atom. The maximum atomic E-state index is 5.96. The van der Waals surface area contributed by atoms with Gasteiger partial charge in [0.15, 0.2) is 0 Å². The number of hydrogen-bond acceptors (Lipinski definition) is 3. The second-order valence-corrected chi connectivity index (χ2v) is 5.47. The van der Waals surface area contributed by atoms with Crippen LogP contribution in [0.4, 0.5) is 0 Å². The lowest BCUT2D eigenvalue weighted by atomic mass is 10.1. The standard InChI is InChI=1S/C14H22ClNO2/c1-10(16)12-9-11(15)5-6-13(12)18-8-7-14(2,3)17-4/h5-6,9-10H,7-8,16H2,1-4H3/t10-/m0/s1. The van der Waals surface area contributed by atoms with E-state index in [2.05, 4.69) is 0 Å². The van der Waals surface area contributed by atoms with Crippen LogP contribution in [-0.4, -0.2) is 19.3 Å². The summed E-state index contributed by atoms with van der Waals surface area (Å²) in [4.78, 5) is 0. The van der Waals surface area contributed by atoms with E-state index in [1.54, 1.807) is 7.11 Å². The first-order valence-electron chi connectivity index (χ1n) is 6.09. The van der Waals surface area contributed by atoms with Crippen LogP contribution in [0.2, 0.25) is 5.02 Å². The predicted octanol–water partition coefficient (Wildman–Crippen LogP) is 3.55. The Labute approximate surface area is 114 Å². The van der Waals surface area contributed by atoms with Gasteiger partial charge in [-0.1, -0.05) is 11.6 Å². The molecule has 0 unspecified atom stereocenters. The Morgan fingerprint density at radius 2 is 2.06 bits per heavy atom. The van der Waals surface area contributed by atoms with Crippen molar-refractivity contribution in [2.75, 3.05) is 13.7 Å². The van der Waals surface area contributed by atoms with E-state index in [1.807, 2.05) is 39.0 Å². The fraction of sp³-hybridized carbons (Fsp3) is 0.571. The van der Waals surface area contributed by atoms with E-state index in [4.69, 9.17) is 26.8 Å². The molecule has 0 heterocycles. The van der Waals surface area contributed by atoms with Crippen LogP contribution in [0.1, 0.15) is 38.8 Å². The van der Waals surface area contributed by atoms with Gasteiger partial charge in [-0.2, -0.15) is 0 Å². The zero-order valence-corrected chi connectivity index (χ0v) is 12.3. The molecule has 4 heteroatoms. The molecule has 0 radical (unpaired) electrons. The first-order chi connectivity index (χ1) is 8.35. The third-order valence-electron chi connectivity index (χ3n) is 2.98. The highest BCUT2D eigenvalue weighted by molar-refractivity contribution is 6.30. The van der Waals surface area contributed by atoms with Crippen LogP contribution in [0.5, 0.6) is 5.75 Å². The number of ether oxygens (including phenoxy) is 2. The molecule has 0 saturated heterocycles. The van der Waals surface area contributed by atoms with Gasteiger partial charge in [-0.15, -0.1) is 0 Å². The molecule has 18 heavy (non-hydrogen) atoms. The molecule has 3 nitrogen and oxygen atoms in total. The molecule has 0 aliphatic rings. The van der Waals surface area contributed by atoms with Crippen LogP contribution in [0.15, 0.2) is 18.2 Å². The molecular formula is C14H22ClNO2. The van der Waals surface area contributed by atoms with Crippen LogP contribution < -0.4 is 10.5 Å². The van der Waals surface area contributed by atoms with Gasteiger partial charge in [0, 0.05) is 30.2 Å². The molecule has 2 N–H and O–H groups in total. The first kappa shape index (κ1) is 15.3. The molecule has 1 aromatic rings. The number of hydrogen-bond donors (Lipinski definition) is 1.